The molecule has 0 amide bonds. The molecule has 0 atom stereocenters. The maximum atomic E-state index is 12.4. The summed E-state index contributed by atoms with van der Waals surface area (Å²) in [5.41, 5.74) is 2.06. The number of nitrogens with one attached hydrogen (secondary N) is 1. The molecule has 0 saturated carbocycles. The molecule has 2 heterocycles. The van der Waals surface area contributed by atoms with Crippen LogP contribution in [0.15, 0.2) is 42.6 Å². The van der Waals surface area contributed by atoms with Gasteiger partial charge in [-0.05, 0) is 42.0 Å². The van der Waals surface area contributed by atoms with E-state index in [1.54, 1.807) is 49.7 Å². The number of aromatic nitrogens is 2. The number of carbonyl (C=O) groups excluding carboxylic acids is 2. The molecule has 6 heteroatoms. The van der Waals surface area contributed by atoms with Crippen LogP contribution in [0.1, 0.15) is 10.4 Å². The minimum absolute atomic E-state index is 0.255. The molecule has 1 aromatic carbocycles. The summed E-state index contributed by atoms with van der Waals surface area (Å²) in [4.78, 5) is 31.4. The number of carbonyl (C=O) groups is 2. The molecule has 0 spiro atoms. The number of Topliss-reactive ketones (excluding diaryl/α,β-unsaturated/α-hetero) is 1. The van der Waals surface area contributed by atoms with Crippen LogP contribution >= 0.6 is 0 Å². The minimum Gasteiger partial charge on any atom is -0.497 e. The average Bonchev–Trinajstić information content (AvgIpc) is 2.99. The third kappa shape index (κ3) is 2.55. The zero-order chi connectivity index (χ0) is 16.4. The first-order valence-electron chi connectivity index (χ1n) is 6.89. The molecular formula is C17H14N2O4. The van der Waals surface area contributed by atoms with Crippen molar-refractivity contribution in [2.45, 2.75) is 0 Å². The van der Waals surface area contributed by atoms with Crippen molar-refractivity contribution in [2.75, 3.05) is 14.2 Å². The predicted molar refractivity (Wildman–Crippen MR) is 84.4 cm³/mol. The zero-order valence-electron chi connectivity index (χ0n) is 12.6. The highest BCUT2D eigenvalue weighted by molar-refractivity contribution is 6.44. The summed E-state index contributed by atoms with van der Waals surface area (Å²) >= 11 is 0. The van der Waals surface area contributed by atoms with Gasteiger partial charge in [0, 0.05) is 11.6 Å². The number of pyridine rings is 1. The smallest absolute Gasteiger partial charge is 0.379 e. The van der Waals surface area contributed by atoms with Crippen LogP contribution in [0.25, 0.3) is 22.3 Å². The third-order valence-electron chi connectivity index (χ3n) is 3.55. The molecule has 116 valence electrons. The summed E-state index contributed by atoms with van der Waals surface area (Å²) in [7, 11) is 2.76. The first kappa shape index (κ1) is 14.8. The molecule has 0 fully saturated rings. The zero-order valence-corrected chi connectivity index (χ0v) is 12.6. The van der Waals surface area contributed by atoms with E-state index in [1.807, 2.05) is 0 Å². The summed E-state index contributed by atoms with van der Waals surface area (Å²) in [5, 5.41) is 0.578. The average molecular weight is 310 g/mol. The van der Waals surface area contributed by atoms with Crippen molar-refractivity contribution in [3.8, 4) is 17.0 Å². The number of benzene rings is 1. The highest BCUT2D eigenvalue weighted by Gasteiger charge is 2.26. The van der Waals surface area contributed by atoms with Crippen LogP contribution in [0.5, 0.6) is 5.75 Å². The Morgan fingerprint density at radius 3 is 2.48 bits per heavy atom. The molecule has 0 aliphatic heterocycles. The lowest BCUT2D eigenvalue weighted by Gasteiger charge is -2.05. The Morgan fingerprint density at radius 2 is 1.83 bits per heavy atom. The van der Waals surface area contributed by atoms with Crippen LogP contribution < -0.4 is 4.74 Å². The fourth-order valence-corrected chi connectivity index (χ4v) is 2.43. The van der Waals surface area contributed by atoms with Crippen molar-refractivity contribution in [2.24, 2.45) is 0 Å². The SMILES string of the molecule is COC(=O)C(=O)c1c(-c2ccc(OC)cc2)[nH]c2ncccc12. The van der Waals surface area contributed by atoms with E-state index in [4.69, 9.17) is 4.74 Å². The third-order valence-corrected chi connectivity index (χ3v) is 3.55. The normalized spacial score (nSPS) is 10.5. The quantitative estimate of drug-likeness (QED) is 0.455. The van der Waals surface area contributed by atoms with Crippen molar-refractivity contribution >= 4 is 22.8 Å². The van der Waals surface area contributed by atoms with E-state index in [9.17, 15) is 9.59 Å². The summed E-state index contributed by atoms with van der Waals surface area (Å²) in [6.07, 6.45) is 1.61. The van der Waals surface area contributed by atoms with Gasteiger partial charge in [0.05, 0.1) is 25.5 Å². The molecule has 0 saturated heterocycles. The first-order valence-corrected chi connectivity index (χ1v) is 6.89. The number of nitrogens with zero attached hydrogens (tertiary/aromatic N) is 1. The van der Waals surface area contributed by atoms with E-state index in [0.717, 1.165) is 5.56 Å². The fraction of sp³-hybridized carbons (Fsp3) is 0.118. The number of hydrogen-bond donors (Lipinski definition) is 1. The second kappa shape index (κ2) is 5.92. The summed E-state index contributed by atoms with van der Waals surface area (Å²) < 4.78 is 9.70. The molecule has 2 aromatic heterocycles. The highest BCUT2D eigenvalue weighted by atomic mass is 16.5. The van der Waals surface area contributed by atoms with Gasteiger partial charge < -0.3 is 14.5 Å². The molecule has 23 heavy (non-hydrogen) atoms. The van der Waals surface area contributed by atoms with Crippen LogP contribution in [-0.4, -0.2) is 35.9 Å². The number of aromatic amines is 1. The number of rotatable bonds is 4. The second-order valence-corrected chi connectivity index (χ2v) is 4.82. The highest BCUT2D eigenvalue weighted by Crippen LogP contribution is 2.31. The standard InChI is InChI=1S/C17H14N2O4/c1-22-11-7-5-10(6-8-11)14-13(15(20)17(21)23-2)12-4-3-9-18-16(12)19-14/h3-9H,1-2H3,(H,18,19). The van der Waals surface area contributed by atoms with E-state index in [1.165, 1.54) is 7.11 Å². The lowest BCUT2D eigenvalue weighted by molar-refractivity contribution is -0.135. The number of H-pyrrole nitrogens is 1. The molecule has 0 radical (unpaired) electrons. The van der Waals surface area contributed by atoms with Gasteiger partial charge in [-0.2, -0.15) is 0 Å². The summed E-state index contributed by atoms with van der Waals surface area (Å²) in [6, 6.07) is 10.6. The van der Waals surface area contributed by atoms with Crippen LogP contribution in [0.4, 0.5) is 0 Å². The van der Waals surface area contributed by atoms with E-state index in [-0.39, 0.29) is 5.56 Å². The van der Waals surface area contributed by atoms with Crippen molar-refractivity contribution in [1.29, 1.82) is 0 Å². The van der Waals surface area contributed by atoms with Crippen molar-refractivity contribution in [3.63, 3.8) is 0 Å². The molecule has 0 unspecified atom stereocenters. The Balaban J connectivity index is 2.22. The maximum absolute atomic E-state index is 12.4. The van der Waals surface area contributed by atoms with Gasteiger partial charge in [-0.3, -0.25) is 4.79 Å². The molecule has 6 nitrogen and oxygen atoms in total. The molecule has 3 aromatic rings. The number of ketones is 1. The van der Waals surface area contributed by atoms with E-state index in [0.29, 0.717) is 22.5 Å². The van der Waals surface area contributed by atoms with Gasteiger partial charge >= 0.3 is 5.97 Å². The first-order chi connectivity index (χ1) is 11.2. The van der Waals surface area contributed by atoms with Gasteiger partial charge in [-0.25, -0.2) is 9.78 Å². The molecular weight excluding hydrogens is 296 g/mol. The Labute approximate surface area is 132 Å². The predicted octanol–water partition coefficient (Wildman–Crippen LogP) is 2.59. The van der Waals surface area contributed by atoms with Crippen molar-refractivity contribution in [3.05, 3.63) is 48.2 Å². The second-order valence-electron chi connectivity index (χ2n) is 4.82. The van der Waals surface area contributed by atoms with Gasteiger partial charge in [0.15, 0.2) is 0 Å². The van der Waals surface area contributed by atoms with Gasteiger partial charge in [0.2, 0.25) is 0 Å². The number of esters is 1. The Bertz CT molecular complexity index is 881. The monoisotopic (exact) mass is 310 g/mol. The van der Waals surface area contributed by atoms with E-state index in [2.05, 4.69) is 14.7 Å². The van der Waals surface area contributed by atoms with Crippen LogP contribution in [0, 0.1) is 0 Å². The minimum atomic E-state index is -0.912. The van der Waals surface area contributed by atoms with Gasteiger partial charge in [0.1, 0.15) is 11.4 Å². The van der Waals surface area contributed by atoms with Crippen molar-refractivity contribution in [1.82, 2.24) is 9.97 Å². The summed E-state index contributed by atoms with van der Waals surface area (Å²) in [6.45, 7) is 0. The summed E-state index contributed by atoms with van der Waals surface area (Å²) in [5.74, 6) is -0.925. The Hall–Kier alpha value is -3.15. The largest absolute Gasteiger partial charge is 0.497 e. The number of fused-ring (bicyclic) bond motifs is 1. The Morgan fingerprint density at radius 1 is 1.09 bits per heavy atom. The van der Waals surface area contributed by atoms with E-state index >= 15 is 0 Å². The fourth-order valence-electron chi connectivity index (χ4n) is 2.43. The molecule has 3 rings (SSSR count). The number of methoxy groups -OCH3 is 2. The molecule has 0 bridgehead atoms. The van der Waals surface area contributed by atoms with Gasteiger partial charge in [-0.1, -0.05) is 0 Å². The van der Waals surface area contributed by atoms with Gasteiger partial charge in [-0.15, -0.1) is 0 Å². The number of ether oxygens (including phenoxy) is 2. The Kier molecular flexibility index (Phi) is 3.80. The number of hydrogen-bond acceptors (Lipinski definition) is 5. The lowest BCUT2D eigenvalue weighted by Crippen LogP contribution is -2.16. The van der Waals surface area contributed by atoms with Crippen LogP contribution in [0.3, 0.4) is 0 Å². The maximum Gasteiger partial charge on any atom is 0.379 e. The molecule has 0 aliphatic rings. The molecule has 1 N–H and O–H groups in total. The molecule has 0 aliphatic carbocycles. The van der Waals surface area contributed by atoms with Crippen LogP contribution in [0.2, 0.25) is 0 Å². The van der Waals surface area contributed by atoms with Gasteiger partial charge in [0.25, 0.3) is 5.78 Å². The topological polar surface area (TPSA) is 81.3 Å². The van der Waals surface area contributed by atoms with Crippen LogP contribution in [-0.2, 0) is 9.53 Å². The lowest BCUT2D eigenvalue weighted by atomic mass is 10.0. The van der Waals surface area contributed by atoms with Crippen molar-refractivity contribution < 1.29 is 19.1 Å². The van der Waals surface area contributed by atoms with E-state index < -0.39 is 11.8 Å².